The lowest BCUT2D eigenvalue weighted by atomic mass is 10.1. The summed E-state index contributed by atoms with van der Waals surface area (Å²) in [7, 11) is 1.58. The molecule has 5 heteroatoms. The van der Waals surface area contributed by atoms with E-state index in [2.05, 4.69) is 15.9 Å². The fourth-order valence-corrected chi connectivity index (χ4v) is 1.69. The first-order chi connectivity index (χ1) is 8.13. The highest BCUT2D eigenvalue weighted by Gasteiger charge is 2.10. The van der Waals surface area contributed by atoms with Crippen LogP contribution in [0.15, 0.2) is 22.7 Å². The number of halogens is 2. The van der Waals surface area contributed by atoms with Crippen LogP contribution in [0.4, 0.5) is 4.39 Å². The van der Waals surface area contributed by atoms with Crippen LogP contribution in [0.3, 0.4) is 0 Å². The van der Waals surface area contributed by atoms with Crippen molar-refractivity contribution >= 4 is 15.9 Å². The average molecular weight is 307 g/mol. The lowest BCUT2D eigenvalue weighted by Gasteiger charge is -2.11. The third-order valence-electron chi connectivity index (χ3n) is 2.21. The van der Waals surface area contributed by atoms with Crippen molar-refractivity contribution < 1.29 is 19.0 Å². The van der Waals surface area contributed by atoms with Crippen molar-refractivity contribution in [3.63, 3.8) is 0 Å². The van der Waals surface area contributed by atoms with Crippen LogP contribution in [-0.2, 0) is 15.9 Å². The molecule has 1 N–H and O–H groups in total. The molecule has 1 rings (SSSR count). The van der Waals surface area contributed by atoms with Crippen molar-refractivity contribution in [2.24, 2.45) is 0 Å². The van der Waals surface area contributed by atoms with E-state index in [-0.39, 0.29) is 18.8 Å². The molecule has 0 saturated carbocycles. The number of rotatable bonds is 7. The van der Waals surface area contributed by atoms with Gasteiger partial charge in [0, 0.05) is 18.0 Å². The Morgan fingerprint density at radius 3 is 2.82 bits per heavy atom. The van der Waals surface area contributed by atoms with E-state index in [1.165, 1.54) is 6.07 Å². The largest absolute Gasteiger partial charge is 0.390 e. The second-order valence-corrected chi connectivity index (χ2v) is 4.58. The van der Waals surface area contributed by atoms with Gasteiger partial charge in [-0.15, -0.1) is 0 Å². The Morgan fingerprint density at radius 1 is 1.41 bits per heavy atom. The molecule has 0 spiro atoms. The standard InChI is InChI=1S/C12H16BrFO3/c1-16-4-5-17-8-11(15)6-9-2-3-10(13)7-12(9)14/h2-3,7,11,15H,4-6,8H2,1H3. The summed E-state index contributed by atoms with van der Waals surface area (Å²) in [6, 6.07) is 4.78. The van der Waals surface area contributed by atoms with Crippen LogP contribution < -0.4 is 0 Å². The van der Waals surface area contributed by atoms with Gasteiger partial charge < -0.3 is 14.6 Å². The van der Waals surface area contributed by atoms with Crippen LogP contribution in [0.25, 0.3) is 0 Å². The SMILES string of the molecule is COCCOCC(O)Cc1ccc(Br)cc1F. The molecule has 1 atom stereocenters. The molecule has 0 amide bonds. The van der Waals surface area contributed by atoms with Crippen molar-refractivity contribution in [3.05, 3.63) is 34.1 Å². The molecule has 0 aromatic heterocycles. The Bertz CT molecular complexity index is 347. The number of hydrogen-bond acceptors (Lipinski definition) is 3. The molecule has 0 radical (unpaired) electrons. The monoisotopic (exact) mass is 306 g/mol. The van der Waals surface area contributed by atoms with Crippen molar-refractivity contribution in [2.75, 3.05) is 26.9 Å². The van der Waals surface area contributed by atoms with Gasteiger partial charge in [0.2, 0.25) is 0 Å². The van der Waals surface area contributed by atoms with E-state index in [1.807, 2.05) is 0 Å². The third-order valence-corrected chi connectivity index (χ3v) is 2.71. The van der Waals surface area contributed by atoms with Crippen LogP contribution in [0.5, 0.6) is 0 Å². The maximum atomic E-state index is 13.5. The minimum absolute atomic E-state index is 0.179. The fourth-order valence-electron chi connectivity index (χ4n) is 1.36. The molecule has 96 valence electrons. The Hall–Kier alpha value is -0.490. The number of benzene rings is 1. The Kier molecular flexibility index (Phi) is 6.65. The molecule has 1 aromatic carbocycles. The molecular formula is C12H16BrFO3. The highest BCUT2D eigenvalue weighted by atomic mass is 79.9. The van der Waals surface area contributed by atoms with E-state index in [1.54, 1.807) is 19.2 Å². The minimum atomic E-state index is -0.706. The van der Waals surface area contributed by atoms with Crippen molar-refractivity contribution in [2.45, 2.75) is 12.5 Å². The Labute approximate surface area is 109 Å². The quantitative estimate of drug-likeness (QED) is 0.785. The van der Waals surface area contributed by atoms with Crippen LogP contribution in [0.2, 0.25) is 0 Å². The maximum Gasteiger partial charge on any atom is 0.127 e. The summed E-state index contributed by atoms with van der Waals surface area (Å²) in [5.74, 6) is -0.324. The number of aliphatic hydroxyl groups is 1. The van der Waals surface area contributed by atoms with Gasteiger partial charge in [-0.2, -0.15) is 0 Å². The summed E-state index contributed by atoms with van der Waals surface area (Å²) in [4.78, 5) is 0. The third kappa shape index (κ3) is 5.59. The van der Waals surface area contributed by atoms with E-state index in [0.29, 0.717) is 23.2 Å². The van der Waals surface area contributed by atoms with E-state index in [9.17, 15) is 9.50 Å². The van der Waals surface area contributed by atoms with Gasteiger partial charge in [-0.3, -0.25) is 0 Å². The lowest BCUT2D eigenvalue weighted by molar-refractivity contribution is 0.0134. The predicted octanol–water partition coefficient (Wildman–Crippen LogP) is 2.15. The molecule has 0 aliphatic carbocycles. The molecule has 0 aliphatic heterocycles. The molecule has 0 saturated heterocycles. The normalized spacial score (nSPS) is 12.7. The second kappa shape index (κ2) is 7.76. The van der Waals surface area contributed by atoms with Gasteiger partial charge in [0.15, 0.2) is 0 Å². The molecule has 17 heavy (non-hydrogen) atoms. The molecule has 3 nitrogen and oxygen atoms in total. The van der Waals surface area contributed by atoms with Gasteiger partial charge >= 0.3 is 0 Å². The number of aliphatic hydroxyl groups excluding tert-OH is 1. The average Bonchev–Trinajstić information content (AvgIpc) is 2.28. The molecule has 0 fully saturated rings. The van der Waals surface area contributed by atoms with Crippen LogP contribution in [-0.4, -0.2) is 38.1 Å². The lowest BCUT2D eigenvalue weighted by Crippen LogP contribution is -2.20. The summed E-state index contributed by atoms with van der Waals surface area (Å²) in [5, 5.41) is 9.65. The predicted molar refractivity (Wildman–Crippen MR) is 66.5 cm³/mol. The van der Waals surface area contributed by atoms with Gasteiger partial charge in [0.05, 0.1) is 25.9 Å². The van der Waals surface area contributed by atoms with Crippen molar-refractivity contribution in [1.82, 2.24) is 0 Å². The molecule has 1 unspecified atom stereocenters. The van der Waals surface area contributed by atoms with Gasteiger partial charge in [-0.25, -0.2) is 4.39 Å². The summed E-state index contributed by atoms with van der Waals surface area (Å²) in [6.07, 6.45) is -0.464. The zero-order chi connectivity index (χ0) is 12.7. The Balaban J connectivity index is 2.37. The smallest absolute Gasteiger partial charge is 0.127 e. The van der Waals surface area contributed by atoms with Crippen LogP contribution in [0, 0.1) is 5.82 Å². The van der Waals surface area contributed by atoms with Crippen LogP contribution >= 0.6 is 15.9 Å². The molecule has 0 heterocycles. The molecule has 0 aliphatic rings. The van der Waals surface area contributed by atoms with Gasteiger partial charge in [-0.05, 0) is 17.7 Å². The van der Waals surface area contributed by atoms with E-state index in [0.717, 1.165) is 0 Å². The van der Waals surface area contributed by atoms with E-state index < -0.39 is 6.10 Å². The van der Waals surface area contributed by atoms with Crippen molar-refractivity contribution in [1.29, 1.82) is 0 Å². The number of ether oxygens (including phenoxy) is 2. The first kappa shape index (κ1) is 14.6. The molecular weight excluding hydrogens is 291 g/mol. The van der Waals surface area contributed by atoms with Crippen LogP contribution in [0.1, 0.15) is 5.56 Å². The molecule has 0 bridgehead atoms. The van der Waals surface area contributed by atoms with Gasteiger partial charge in [0.1, 0.15) is 5.82 Å². The summed E-state index contributed by atoms with van der Waals surface area (Å²) >= 11 is 3.18. The fraction of sp³-hybridized carbons (Fsp3) is 0.500. The first-order valence-electron chi connectivity index (χ1n) is 5.32. The number of methoxy groups -OCH3 is 1. The summed E-state index contributed by atoms with van der Waals surface area (Å²) < 4.78 is 24.1. The summed E-state index contributed by atoms with van der Waals surface area (Å²) in [5.41, 5.74) is 0.482. The van der Waals surface area contributed by atoms with Gasteiger partial charge in [-0.1, -0.05) is 22.0 Å². The van der Waals surface area contributed by atoms with Crippen molar-refractivity contribution in [3.8, 4) is 0 Å². The summed E-state index contributed by atoms with van der Waals surface area (Å²) in [6.45, 7) is 1.09. The van der Waals surface area contributed by atoms with Gasteiger partial charge in [0.25, 0.3) is 0 Å². The first-order valence-corrected chi connectivity index (χ1v) is 6.11. The minimum Gasteiger partial charge on any atom is -0.390 e. The highest BCUT2D eigenvalue weighted by Crippen LogP contribution is 2.16. The zero-order valence-corrected chi connectivity index (χ0v) is 11.2. The highest BCUT2D eigenvalue weighted by molar-refractivity contribution is 9.10. The van der Waals surface area contributed by atoms with E-state index in [4.69, 9.17) is 9.47 Å². The zero-order valence-electron chi connectivity index (χ0n) is 9.66. The molecule has 1 aromatic rings. The second-order valence-electron chi connectivity index (χ2n) is 3.66. The topological polar surface area (TPSA) is 38.7 Å². The Morgan fingerprint density at radius 2 is 2.18 bits per heavy atom. The maximum absolute atomic E-state index is 13.5. The number of hydrogen-bond donors (Lipinski definition) is 1. The van der Waals surface area contributed by atoms with E-state index >= 15 is 0 Å².